The largest absolute Gasteiger partial charge is 0.382 e. The highest BCUT2D eigenvalue weighted by molar-refractivity contribution is 5.45. The minimum Gasteiger partial charge on any atom is -0.382 e. The van der Waals surface area contributed by atoms with E-state index in [1.807, 2.05) is 0 Å². The lowest BCUT2D eigenvalue weighted by atomic mass is 9.89. The fraction of sp³-hybridized carbons (Fsp3) is 0.571. The molecule has 0 aromatic heterocycles. The zero-order valence-electron chi connectivity index (χ0n) is 10.9. The maximum Gasteiger partial charge on any atom is 0.194 e. The Morgan fingerprint density at radius 1 is 1.15 bits per heavy atom. The van der Waals surface area contributed by atoms with Crippen LogP contribution in [0.1, 0.15) is 19.3 Å². The van der Waals surface area contributed by atoms with Crippen molar-refractivity contribution >= 4 is 5.69 Å². The van der Waals surface area contributed by atoms with Crippen molar-refractivity contribution in [3.05, 3.63) is 29.6 Å². The number of hydrogen-bond donors (Lipinski definition) is 1. The lowest BCUT2D eigenvalue weighted by Gasteiger charge is -2.37. The third-order valence-electron chi connectivity index (χ3n) is 3.91. The highest BCUT2D eigenvalue weighted by Crippen LogP contribution is 2.34. The quantitative estimate of drug-likeness (QED) is 0.848. The van der Waals surface area contributed by atoms with E-state index >= 15 is 0 Å². The maximum atomic E-state index is 13.2. The van der Waals surface area contributed by atoms with Gasteiger partial charge in [0.25, 0.3) is 0 Å². The summed E-state index contributed by atoms with van der Waals surface area (Å²) in [5, 5.41) is 3.06. The second-order valence-electron chi connectivity index (χ2n) is 5.42. The average molecular weight is 287 g/mol. The number of halogens is 3. The van der Waals surface area contributed by atoms with Gasteiger partial charge in [-0.05, 0) is 12.8 Å². The molecule has 2 fully saturated rings. The molecule has 2 aliphatic rings. The fourth-order valence-electron chi connectivity index (χ4n) is 2.89. The first-order valence-corrected chi connectivity index (χ1v) is 6.71. The van der Waals surface area contributed by atoms with E-state index in [9.17, 15) is 13.2 Å². The molecule has 2 heterocycles. The van der Waals surface area contributed by atoms with Crippen LogP contribution in [0.25, 0.3) is 0 Å². The van der Waals surface area contributed by atoms with Gasteiger partial charge in [0, 0.05) is 43.5 Å². The normalized spacial score (nSPS) is 29.9. The third-order valence-corrected chi connectivity index (χ3v) is 3.91. The summed E-state index contributed by atoms with van der Waals surface area (Å²) in [7, 11) is 0. The Morgan fingerprint density at radius 3 is 2.55 bits per heavy atom. The first kappa shape index (κ1) is 13.7. The van der Waals surface area contributed by atoms with Gasteiger partial charge in [0.15, 0.2) is 17.5 Å². The summed E-state index contributed by atoms with van der Waals surface area (Å²) in [5.74, 6) is -3.81. The molecule has 3 rings (SSSR count). The van der Waals surface area contributed by atoms with Crippen molar-refractivity contribution in [3.63, 3.8) is 0 Å². The minimum absolute atomic E-state index is 0.0368. The summed E-state index contributed by atoms with van der Waals surface area (Å²) in [6.07, 6.45) is 2.29. The number of anilines is 1. The van der Waals surface area contributed by atoms with E-state index in [0.29, 0.717) is 26.2 Å². The van der Waals surface area contributed by atoms with Crippen LogP contribution < -0.4 is 5.32 Å². The van der Waals surface area contributed by atoms with Gasteiger partial charge in [-0.2, -0.15) is 0 Å². The van der Waals surface area contributed by atoms with Crippen molar-refractivity contribution in [2.45, 2.75) is 30.9 Å². The number of benzene rings is 1. The summed E-state index contributed by atoms with van der Waals surface area (Å²) in [6.45, 7) is 1.80. The highest BCUT2D eigenvalue weighted by atomic mass is 19.2. The zero-order valence-corrected chi connectivity index (χ0v) is 10.9. The van der Waals surface area contributed by atoms with Crippen LogP contribution >= 0.6 is 0 Å². The Hall–Kier alpha value is -1.27. The van der Waals surface area contributed by atoms with Crippen LogP contribution in [-0.2, 0) is 9.47 Å². The molecule has 1 N–H and O–H groups in total. The molecule has 2 atom stereocenters. The SMILES string of the molecule is Fc1cc(NC2CCOC3(CCOC3)C2)cc(F)c1F. The summed E-state index contributed by atoms with van der Waals surface area (Å²) < 4.78 is 50.4. The second kappa shape index (κ2) is 5.26. The van der Waals surface area contributed by atoms with Crippen LogP contribution in [0.15, 0.2) is 12.1 Å². The monoisotopic (exact) mass is 287 g/mol. The van der Waals surface area contributed by atoms with E-state index in [2.05, 4.69) is 5.32 Å². The van der Waals surface area contributed by atoms with E-state index in [1.54, 1.807) is 0 Å². The minimum atomic E-state index is -1.44. The molecule has 0 bridgehead atoms. The first-order chi connectivity index (χ1) is 9.58. The molecule has 110 valence electrons. The number of rotatable bonds is 2. The molecule has 1 spiro atoms. The molecule has 0 saturated carbocycles. The molecule has 0 amide bonds. The Kier molecular flexibility index (Phi) is 3.60. The van der Waals surface area contributed by atoms with Gasteiger partial charge >= 0.3 is 0 Å². The van der Waals surface area contributed by atoms with Gasteiger partial charge in [-0.1, -0.05) is 0 Å². The molecular formula is C14H16F3NO2. The molecule has 2 saturated heterocycles. The van der Waals surface area contributed by atoms with Crippen LogP contribution in [0.2, 0.25) is 0 Å². The van der Waals surface area contributed by atoms with Crippen molar-refractivity contribution in [1.29, 1.82) is 0 Å². The van der Waals surface area contributed by atoms with Crippen molar-refractivity contribution in [2.75, 3.05) is 25.1 Å². The molecule has 3 nitrogen and oxygen atoms in total. The summed E-state index contributed by atoms with van der Waals surface area (Å²) in [5.41, 5.74) is -0.0325. The van der Waals surface area contributed by atoms with E-state index in [1.165, 1.54) is 0 Å². The van der Waals surface area contributed by atoms with Gasteiger partial charge in [-0.3, -0.25) is 0 Å². The van der Waals surface area contributed by atoms with Crippen molar-refractivity contribution in [3.8, 4) is 0 Å². The molecular weight excluding hydrogens is 271 g/mol. The first-order valence-electron chi connectivity index (χ1n) is 6.71. The molecule has 0 aliphatic carbocycles. The smallest absolute Gasteiger partial charge is 0.194 e. The fourth-order valence-corrected chi connectivity index (χ4v) is 2.89. The molecule has 6 heteroatoms. The van der Waals surface area contributed by atoms with E-state index in [4.69, 9.17) is 9.47 Å². The standard InChI is InChI=1S/C14H16F3NO2/c15-11-5-10(6-12(16)13(11)17)18-9-1-3-20-14(7-9)2-4-19-8-14/h5-6,9,18H,1-4,7-8H2. The topological polar surface area (TPSA) is 30.5 Å². The average Bonchev–Trinajstić information content (AvgIpc) is 2.84. The van der Waals surface area contributed by atoms with Gasteiger partial charge in [-0.15, -0.1) is 0 Å². The number of nitrogens with one attached hydrogen (secondary N) is 1. The Labute approximate surface area is 115 Å². The molecule has 1 aromatic carbocycles. The Bertz CT molecular complexity index is 480. The van der Waals surface area contributed by atoms with E-state index in [0.717, 1.165) is 25.0 Å². The van der Waals surface area contributed by atoms with Crippen molar-refractivity contribution < 1.29 is 22.6 Å². The van der Waals surface area contributed by atoms with Crippen LogP contribution in [0.5, 0.6) is 0 Å². The lowest BCUT2D eigenvalue weighted by Crippen LogP contribution is -2.44. The molecule has 1 aromatic rings. The van der Waals surface area contributed by atoms with Crippen LogP contribution in [-0.4, -0.2) is 31.5 Å². The van der Waals surface area contributed by atoms with Gasteiger partial charge in [-0.25, -0.2) is 13.2 Å². The molecule has 2 aliphatic heterocycles. The highest BCUT2D eigenvalue weighted by Gasteiger charge is 2.41. The number of hydrogen-bond acceptors (Lipinski definition) is 3. The van der Waals surface area contributed by atoms with Gasteiger partial charge < -0.3 is 14.8 Å². The van der Waals surface area contributed by atoms with Crippen LogP contribution in [0, 0.1) is 17.5 Å². The Morgan fingerprint density at radius 2 is 1.90 bits per heavy atom. The third kappa shape index (κ3) is 2.62. The van der Waals surface area contributed by atoms with E-state index < -0.39 is 17.5 Å². The Balaban J connectivity index is 1.71. The predicted molar refractivity (Wildman–Crippen MR) is 67.1 cm³/mol. The molecule has 2 unspecified atom stereocenters. The van der Waals surface area contributed by atoms with Crippen LogP contribution in [0.3, 0.4) is 0 Å². The summed E-state index contributed by atoms with van der Waals surface area (Å²) in [6, 6.07) is 1.99. The summed E-state index contributed by atoms with van der Waals surface area (Å²) >= 11 is 0. The van der Waals surface area contributed by atoms with Crippen LogP contribution in [0.4, 0.5) is 18.9 Å². The molecule has 20 heavy (non-hydrogen) atoms. The van der Waals surface area contributed by atoms with Gasteiger partial charge in [0.1, 0.15) is 0 Å². The van der Waals surface area contributed by atoms with E-state index in [-0.39, 0.29) is 17.3 Å². The lowest BCUT2D eigenvalue weighted by molar-refractivity contribution is -0.0828. The maximum absolute atomic E-state index is 13.2. The van der Waals surface area contributed by atoms with Gasteiger partial charge in [0.2, 0.25) is 0 Å². The van der Waals surface area contributed by atoms with Crippen molar-refractivity contribution in [1.82, 2.24) is 0 Å². The summed E-state index contributed by atoms with van der Waals surface area (Å²) in [4.78, 5) is 0. The van der Waals surface area contributed by atoms with Crippen molar-refractivity contribution in [2.24, 2.45) is 0 Å². The number of ether oxygens (including phenoxy) is 2. The zero-order chi connectivity index (χ0) is 14.2. The molecule has 0 radical (unpaired) electrons. The predicted octanol–water partition coefficient (Wildman–Crippen LogP) is 2.85. The second-order valence-corrected chi connectivity index (χ2v) is 5.42. The van der Waals surface area contributed by atoms with Gasteiger partial charge in [0.05, 0.1) is 12.2 Å².